The van der Waals surface area contributed by atoms with Crippen LogP contribution < -0.4 is 11.1 Å². The number of anilines is 1. The lowest BCUT2D eigenvalue weighted by Crippen LogP contribution is -2.17. The van der Waals surface area contributed by atoms with Gasteiger partial charge in [0.15, 0.2) is 0 Å². The number of benzene rings is 1. The number of amides is 2. The number of thioether (sulfide) groups is 1. The van der Waals surface area contributed by atoms with E-state index in [1.165, 1.54) is 16.9 Å². The summed E-state index contributed by atoms with van der Waals surface area (Å²) in [5, 5.41) is 13.1. The molecule has 0 fully saturated rings. The number of carbonyl (C=O) groups is 2. The van der Waals surface area contributed by atoms with E-state index in [0.29, 0.717) is 28.1 Å². The number of hydrogen-bond donors (Lipinski definition) is 2. The molecule has 3 N–H and O–H groups in total. The van der Waals surface area contributed by atoms with Crippen molar-refractivity contribution in [2.75, 3.05) is 11.1 Å². The first-order valence-electron chi connectivity index (χ1n) is 8.28. The molecule has 3 aromatic rings. The lowest BCUT2D eigenvalue weighted by molar-refractivity contribution is -0.113. The Labute approximate surface area is 164 Å². The lowest BCUT2D eigenvalue weighted by Gasteiger charge is -2.02. The quantitative estimate of drug-likeness (QED) is 0.532. The highest BCUT2D eigenvalue weighted by atomic mass is 32.2. The van der Waals surface area contributed by atoms with E-state index in [2.05, 4.69) is 27.6 Å². The maximum atomic E-state index is 12.0. The predicted octanol–water partition coefficient (Wildman–Crippen LogP) is 3.14. The Morgan fingerprint density at radius 3 is 2.74 bits per heavy atom. The van der Waals surface area contributed by atoms with Gasteiger partial charge in [-0.05, 0) is 29.9 Å². The zero-order valence-electron chi connectivity index (χ0n) is 14.4. The Morgan fingerprint density at radius 1 is 1.15 bits per heavy atom. The van der Waals surface area contributed by atoms with Crippen LogP contribution in [0.1, 0.15) is 28.2 Å². The number of aryl methyl sites for hydroxylation is 2. The van der Waals surface area contributed by atoms with Crippen molar-refractivity contribution < 1.29 is 14.0 Å². The zero-order valence-corrected chi connectivity index (χ0v) is 16.0. The molecule has 0 aliphatic heterocycles. The molecule has 0 spiro atoms. The van der Waals surface area contributed by atoms with Crippen LogP contribution in [0.15, 0.2) is 51.4 Å². The normalized spacial score (nSPS) is 10.7. The van der Waals surface area contributed by atoms with Crippen LogP contribution in [0.4, 0.5) is 5.00 Å². The zero-order chi connectivity index (χ0) is 19.1. The van der Waals surface area contributed by atoms with Gasteiger partial charge in [-0.15, -0.1) is 21.5 Å². The van der Waals surface area contributed by atoms with Crippen LogP contribution in [0.2, 0.25) is 0 Å². The van der Waals surface area contributed by atoms with Gasteiger partial charge in [0.25, 0.3) is 11.1 Å². The Morgan fingerprint density at radius 2 is 1.96 bits per heavy atom. The number of aromatic nitrogens is 2. The molecule has 0 radical (unpaired) electrons. The van der Waals surface area contributed by atoms with Crippen LogP contribution in [0.25, 0.3) is 0 Å². The van der Waals surface area contributed by atoms with E-state index in [1.807, 2.05) is 18.2 Å². The molecular weight excluding hydrogens is 384 g/mol. The Kier molecular flexibility index (Phi) is 6.61. The first-order chi connectivity index (χ1) is 13.1. The topological polar surface area (TPSA) is 111 Å². The van der Waals surface area contributed by atoms with Crippen LogP contribution in [-0.4, -0.2) is 27.8 Å². The number of nitrogens with two attached hydrogens (primary N) is 1. The molecule has 7 nitrogen and oxygen atoms in total. The Balaban J connectivity index is 1.43. The summed E-state index contributed by atoms with van der Waals surface area (Å²) < 4.78 is 5.56. The largest absolute Gasteiger partial charge is 0.416 e. The number of thiophene rings is 1. The van der Waals surface area contributed by atoms with Crippen molar-refractivity contribution in [1.29, 1.82) is 0 Å². The highest BCUT2D eigenvalue weighted by Crippen LogP contribution is 2.23. The molecular formula is C18H18N4O3S2. The van der Waals surface area contributed by atoms with E-state index in [0.717, 1.165) is 24.6 Å². The highest BCUT2D eigenvalue weighted by molar-refractivity contribution is 7.99. The van der Waals surface area contributed by atoms with E-state index in [4.69, 9.17) is 10.2 Å². The molecule has 0 aliphatic carbocycles. The smallest absolute Gasteiger partial charge is 0.277 e. The molecule has 0 aliphatic rings. The molecule has 3 rings (SSSR count). The van der Waals surface area contributed by atoms with Gasteiger partial charge in [0, 0.05) is 6.42 Å². The number of nitrogens with zero attached hydrogens (tertiary/aromatic N) is 2. The van der Waals surface area contributed by atoms with Crippen molar-refractivity contribution in [3.63, 3.8) is 0 Å². The fourth-order valence-electron chi connectivity index (χ4n) is 2.38. The van der Waals surface area contributed by atoms with Gasteiger partial charge in [-0.2, -0.15) is 0 Å². The minimum absolute atomic E-state index is 0.0990. The number of carbonyl (C=O) groups excluding carboxylic acids is 2. The van der Waals surface area contributed by atoms with Gasteiger partial charge < -0.3 is 15.5 Å². The maximum absolute atomic E-state index is 12.0. The average Bonchev–Trinajstić information content (AvgIpc) is 3.30. The summed E-state index contributed by atoms with van der Waals surface area (Å²) in [4.78, 5) is 23.3. The molecule has 0 saturated carbocycles. The second-order valence-electron chi connectivity index (χ2n) is 5.67. The molecule has 1 aromatic carbocycles. The molecule has 27 heavy (non-hydrogen) atoms. The summed E-state index contributed by atoms with van der Waals surface area (Å²) in [6.07, 6.45) is 2.54. The van der Waals surface area contributed by atoms with Crippen LogP contribution in [0.3, 0.4) is 0 Å². The minimum Gasteiger partial charge on any atom is -0.416 e. The first kappa shape index (κ1) is 19.1. The third-order valence-corrected chi connectivity index (χ3v) is 5.31. The van der Waals surface area contributed by atoms with Gasteiger partial charge in [0.2, 0.25) is 11.8 Å². The van der Waals surface area contributed by atoms with Gasteiger partial charge >= 0.3 is 0 Å². The average molecular weight is 403 g/mol. The third kappa shape index (κ3) is 5.66. The first-order valence-corrected chi connectivity index (χ1v) is 10.1. The van der Waals surface area contributed by atoms with Gasteiger partial charge in [-0.25, -0.2) is 0 Å². The maximum Gasteiger partial charge on any atom is 0.277 e. The molecule has 2 aromatic heterocycles. The monoisotopic (exact) mass is 402 g/mol. The second kappa shape index (κ2) is 9.33. The van der Waals surface area contributed by atoms with E-state index < -0.39 is 5.91 Å². The van der Waals surface area contributed by atoms with Gasteiger partial charge in [0.1, 0.15) is 5.00 Å². The molecule has 0 unspecified atom stereocenters. The predicted molar refractivity (Wildman–Crippen MR) is 105 cm³/mol. The molecule has 0 atom stereocenters. The number of rotatable bonds is 9. The van der Waals surface area contributed by atoms with Crippen molar-refractivity contribution in [2.45, 2.75) is 24.5 Å². The van der Waals surface area contributed by atoms with E-state index in [1.54, 1.807) is 11.4 Å². The van der Waals surface area contributed by atoms with Crippen molar-refractivity contribution in [1.82, 2.24) is 10.2 Å². The molecule has 9 heteroatoms. The molecule has 0 saturated heterocycles. The van der Waals surface area contributed by atoms with Crippen molar-refractivity contribution in [2.24, 2.45) is 5.73 Å². The molecule has 2 amide bonds. The lowest BCUT2D eigenvalue weighted by atomic mass is 10.1. The van der Waals surface area contributed by atoms with Crippen LogP contribution in [0.5, 0.6) is 0 Å². The fourth-order valence-corrected chi connectivity index (χ4v) is 3.77. The number of nitrogens with one attached hydrogen (secondary N) is 1. The summed E-state index contributed by atoms with van der Waals surface area (Å²) in [5.41, 5.74) is 6.83. The van der Waals surface area contributed by atoms with Gasteiger partial charge in [0.05, 0.1) is 11.3 Å². The van der Waals surface area contributed by atoms with Crippen LogP contribution in [-0.2, 0) is 17.6 Å². The summed E-state index contributed by atoms with van der Waals surface area (Å²) >= 11 is 2.40. The van der Waals surface area contributed by atoms with E-state index in [9.17, 15) is 9.59 Å². The number of primary amides is 1. The summed E-state index contributed by atoms with van der Waals surface area (Å²) in [6.45, 7) is 0. The van der Waals surface area contributed by atoms with Gasteiger partial charge in [-0.1, -0.05) is 42.1 Å². The summed E-state index contributed by atoms with van der Waals surface area (Å²) in [7, 11) is 0. The second-order valence-corrected chi connectivity index (χ2v) is 7.51. The van der Waals surface area contributed by atoms with E-state index >= 15 is 0 Å². The Hall–Kier alpha value is -2.65. The Bertz CT molecular complexity index is 908. The number of hydrogen-bond acceptors (Lipinski definition) is 7. The minimum atomic E-state index is -0.573. The highest BCUT2D eigenvalue weighted by Gasteiger charge is 2.14. The van der Waals surface area contributed by atoms with Crippen LogP contribution in [0, 0.1) is 0 Å². The third-order valence-electron chi connectivity index (χ3n) is 3.66. The van der Waals surface area contributed by atoms with Crippen molar-refractivity contribution >= 4 is 39.9 Å². The standard InChI is InChI=1S/C18H18N4O3S2/c19-16(24)13-9-10-26-17(13)20-14(23)11-27-18-22-21-15(25-18)8-4-7-12-5-2-1-3-6-12/h1-3,5-6,9-10H,4,7-8,11H2,(H2,19,24)(H,20,23). The fraction of sp³-hybridized carbons (Fsp3) is 0.222. The van der Waals surface area contributed by atoms with Crippen molar-refractivity contribution in [3.8, 4) is 0 Å². The van der Waals surface area contributed by atoms with Gasteiger partial charge in [-0.3, -0.25) is 9.59 Å². The molecule has 0 bridgehead atoms. The van der Waals surface area contributed by atoms with Crippen molar-refractivity contribution in [3.05, 3.63) is 58.8 Å². The summed E-state index contributed by atoms with van der Waals surface area (Å²) in [5.74, 6) is -0.185. The molecule has 140 valence electrons. The molecule has 2 heterocycles. The summed E-state index contributed by atoms with van der Waals surface area (Å²) in [6, 6.07) is 11.8. The van der Waals surface area contributed by atoms with E-state index in [-0.39, 0.29) is 11.7 Å². The SMILES string of the molecule is NC(=O)c1ccsc1NC(=O)CSc1nnc(CCCc2ccccc2)o1. The van der Waals surface area contributed by atoms with Crippen LogP contribution >= 0.6 is 23.1 Å².